The number of hydrogen-bond donors (Lipinski definition) is 0. The van der Waals surface area contributed by atoms with Crippen molar-refractivity contribution in [2.24, 2.45) is 0 Å². The van der Waals surface area contributed by atoms with Crippen molar-refractivity contribution in [3.05, 3.63) is 57.6 Å². The summed E-state index contributed by atoms with van der Waals surface area (Å²) in [5, 5.41) is 9.06. The lowest BCUT2D eigenvalue weighted by atomic mass is 10.1. The molecule has 2 aromatic rings. The lowest BCUT2D eigenvalue weighted by Gasteiger charge is -2.12. The molecule has 0 radical (unpaired) electrons. The van der Waals surface area contributed by atoms with Crippen molar-refractivity contribution in [3.8, 4) is 5.75 Å². The van der Waals surface area contributed by atoms with Gasteiger partial charge >= 0.3 is 23.1 Å². The summed E-state index contributed by atoms with van der Waals surface area (Å²) >= 11 is 0. The van der Waals surface area contributed by atoms with Crippen LogP contribution >= 0.6 is 0 Å². The van der Waals surface area contributed by atoms with Gasteiger partial charge in [-0.05, 0) is 44.9 Å². The Morgan fingerprint density at radius 2 is 1.44 bits per heavy atom. The second-order valence-electron chi connectivity index (χ2n) is 5.78. The topological polar surface area (TPSA) is 71.5 Å². The normalized spacial score (nSPS) is 11.2. The molecule has 0 saturated carbocycles. The van der Waals surface area contributed by atoms with Gasteiger partial charge in [0.15, 0.2) is 4.98 Å². The van der Waals surface area contributed by atoms with Crippen molar-refractivity contribution in [1.29, 1.82) is 5.39 Å². The van der Waals surface area contributed by atoms with E-state index in [4.69, 9.17) is 9.58 Å². The summed E-state index contributed by atoms with van der Waals surface area (Å²) in [5.41, 5.74) is 2.94. The second-order valence-corrected chi connectivity index (χ2v) is 7.26. The molecule has 0 aliphatic rings. The SMILES string of the molecule is Cc1cc(C)c(S(=O)(=O)Oc2cccc(C)c2[N+]#N)c(C)c1.F[B-](F)(F)F. The van der Waals surface area contributed by atoms with Gasteiger partial charge in [0.05, 0.1) is 0 Å². The maximum Gasteiger partial charge on any atom is 0.673 e. The fourth-order valence-electron chi connectivity index (χ4n) is 2.55. The number of benzene rings is 2. The van der Waals surface area contributed by atoms with Gasteiger partial charge in [-0.25, -0.2) is 0 Å². The van der Waals surface area contributed by atoms with E-state index in [1.165, 1.54) is 6.07 Å². The highest BCUT2D eigenvalue weighted by atomic mass is 32.2. The van der Waals surface area contributed by atoms with Crippen molar-refractivity contribution in [2.75, 3.05) is 0 Å². The van der Waals surface area contributed by atoms with Gasteiger partial charge in [0.2, 0.25) is 11.1 Å². The van der Waals surface area contributed by atoms with E-state index in [1.54, 1.807) is 45.0 Å². The van der Waals surface area contributed by atoms with Crippen LogP contribution in [0.4, 0.5) is 23.0 Å². The minimum Gasteiger partial charge on any atom is -0.418 e. The highest BCUT2D eigenvalue weighted by molar-refractivity contribution is 7.87. The smallest absolute Gasteiger partial charge is 0.418 e. The fraction of sp³-hybridized carbons (Fsp3) is 0.250. The van der Waals surface area contributed by atoms with Crippen LogP contribution in [0.2, 0.25) is 0 Å². The van der Waals surface area contributed by atoms with Crippen LogP contribution < -0.4 is 4.18 Å². The standard InChI is InChI=1S/C16H17N2O3S.BF4/c1-10-8-12(3)16(13(4)9-10)22(19,20)21-14-7-5-6-11(2)15(14)18-17;2-1(3,4)5/h5-9H,1-4H3;/q+1;-1. The van der Waals surface area contributed by atoms with Crippen molar-refractivity contribution < 1.29 is 29.9 Å². The molecular weight excluding hydrogens is 387 g/mol. The van der Waals surface area contributed by atoms with Crippen LogP contribution in [-0.2, 0) is 10.1 Å². The second kappa shape index (κ2) is 8.39. The quantitative estimate of drug-likeness (QED) is 0.294. The molecule has 146 valence electrons. The van der Waals surface area contributed by atoms with Crippen LogP contribution in [0.15, 0.2) is 35.2 Å². The van der Waals surface area contributed by atoms with Crippen LogP contribution in [0.5, 0.6) is 5.75 Å². The van der Waals surface area contributed by atoms with Crippen LogP contribution in [-0.4, -0.2) is 15.7 Å². The summed E-state index contributed by atoms with van der Waals surface area (Å²) in [6.45, 7) is 7.06. The Kier molecular flexibility index (Phi) is 6.97. The summed E-state index contributed by atoms with van der Waals surface area (Å²) in [6, 6.07) is 8.38. The first-order valence-corrected chi connectivity index (χ1v) is 9.01. The number of rotatable bonds is 3. The molecule has 0 atom stereocenters. The predicted octanol–water partition coefficient (Wildman–Crippen LogP) is 5.47. The van der Waals surface area contributed by atoms with E-state index in [2.05, 4.69) is 4.98 Å². The zero-order chi connectivity index (χ0) is 21.0. The van der Waals surface area contributed by atoms with Gasteiger partial charge in [0.25, 0.3) is 0 Å². The molecule has 0 aliphatic heterocycles. The van der Waals surface area contributed by atoms with Gasteiger partial charge < -0.3 is 21.4 Å². The molecule has 0 aliphatic carbocycles. The molecule has 0 saturated heterocycles. The summed E-state index contributed by atoms with van der Waals surface area (Å²) in [6.07, 6.45) is 0. The molecule has 2 rings (SSSR count). The largest absolute Gasteiger partial charge is 0.673 e. The first-order valence-electron chi connectivity index (χ1n) is 7.60. The van der Waals surface area contributed by atoms with E-state index in [-0.39, 0.29) is 16.3 Å². The number of hydrogen-bond acceptors (Lipinski definition) is 4. The van der Waals surface area contributed by atoms with Gasteiger partial charge in [0.1, 0.15) is 4.90 Å². The van der Waals surface area contributed by atoms with Crippen LogP contribution in [0.25, 0.3) is 4.98 Å². The molecule has 11 heteroatoms. The Labute approximate surface area is 154 Å². The van der Waals surface area contributed by atoms with E-state index in [9.17, 15) is 25.7 Å². The van der Waals surface area contributed by atoms with E-state index in [1.807, 2.05) is 6.92 Å². The van der Waals surface area contributed by atoms with E-state index >= 15 is 0 Å². The Morgan fingerprint density at radius 1 is 0.963 bits per heavy atom. The number of aryl methyl sites for hydroxylation is 4. The zero-order valence-electron chi connectivity index (χ0n) is 15.0. The third-order valence-corrected chi connectivity index (χ3v) is 4.90. The van der Waals surface area contributed by atoms with Crippen LogP contribution in [0.3, 0.4) is 0 Å². The minimum atomic E-state index is -6.00. The lowest BCUT2D eigenvalue weighted by Crippen LogP contribution is -2.13. The molecule has 0 unspecified atom stereocenters. The van der Waals surface area contributed by atoms with Crippen molar-refractivity contribution in [3.63, 3.8) is 0 Å². The molecule has 0 N–H and O–H groups in total. The number of halogens is 4. The van der Waals surface area contributed by atoms with E-state index in [0.717, 1.165) is 5.56 Å². The molecule has 0 amide bonds. The van der Waals surface area contributed by atoms with Gasteiger partial charge in [-0.15, -0.1) is 0 Å². The Morgan fingerprint density at radius 3 is 1.89 bits per heavy atom. The summed E-state index contributed by atoms with van der Waals surface area (Å²) in [7, 11) is -10.0. The molecule has 2 aromatic carbocycles. The van der Waals surface area contributed by atoms with Crippen LogP contribution in [0, 0.1) is 33.1 Å². The third-order valence-electron chi connectivity index (χ3n) is 3.35. The Hall–Kier alpha value is -2.61. The van der Waals surface area contributed by atoms with Gasteiger partial charge in [-0.2, -0.15) is 8.42 Å². The lowest BCUT2D eigenvalue weighted by molar-refractivity contribution is 0.368. The first kappa shape index (κ1) is 22.4. The predicted molar refractivity (Wildman–Crippen MR) is 94.6 cm³/mol. The molecule has 0 aromatic heterocycles. The van der Waals surface area contributed by atoms with E-state index < -0.39 is 17.4 Å². The maximum atomic E-state index is 12.6. The molecule has 0 bridgehead atoms. The first-order chi connectivity index (χ1) is 12.3. The maximum absolute atomic E-state index is 12.6. The number of diazo groups is 1. The Balaban J connectivity index is 0.000000646. The average molecular weight is 404 g/mol. The summed E-state index contributed by atoms with van der Waals surface area (Å²) in [5.74, 6) is 0.00174. The van der Waals surface area contributed by atoms with Gasteiger partial charge in [-0.1, -0.05) is 29.8 Å². The minimum absolute atomic E-state index is 0.00174. The summed E-state index contributed by atoms with van der Waals surface area (Å²) < 4.78 is 69.4. The van der Waals surface area contributed by atoms with Crippen molar-refractivity contribution in [2.45, 2.75) is 32.6 Å². The molecule has 0 spiro atoms. The highest BCUT2D eigenvalue weighted by Gasteiger charge is 2.27. The molecule has 5 nitrogen and oxygen atoms in total. The van der Waals surface area contributed by atoms with E-state index in [0.29, 0.717) is 16.7 Å². The van der Waals surface area contributed by atoms with Gasteiger partial charge in [-0.3, -0.25) is 0 Å². The average Bonchev–Trinajstić information content (AvgIpc) is 2.43. The molecule has 27 heavy (non-hydrogen) atoms. The van der Waals surface area contributed by atoms with Crippen molar-refractivity contribution in [1.82, 2.24) is 0 Å². The molecule has 0 fully saturated rings. The number of nitrogens with zero attached hydrogens (tertiary/aromatic N) is 2. The van der Waals surface area contributed by atoms with Crippen LogP contribution in [0.1, 0.15) is 22.3 Å². The van der Waals surface area contributed by atoms with Gasteiger partial charge in [0, 0.05) is 5.56 Å². The zero-order valence-corrected chi connectivity index (χ0v) is 15.8. The summed E-state index contributed by atoms with van der Waals surface area (Å²) in [4.78, 5) is 3.26. The molecular formula is C16H17BF4N2O3S. The highest BCUT2D eigenvalue weighted by Crippen LogP contribution is 2.34. The molecule has 0 heterocycles. The van der Waals surface area contributed by atoms with Crippen molar-refractivity contribution >= 4 is 23.1 Å². The Bertz CT molecular complexity index is 957. The fourth-order valence-corrected chi connectivity index (χ4v) is 3.91. The third kappa shape index (κ3) is 6.56. The monoisotopic (exact) mass is 404 g/mol.